The average Bonchev–Trinajstić information content (AvgIpc) is 2.71. The van der Waals surface area contributed by atoms with Gasteiger partial charge in [-0.25, -0.2) is 0 Å². The minimum Gasteiger partial charge on any atom is -0.468 e. The van der Waals surface area contributed by atoms with Crippen LogP contribution in [0.25, 0.3) is 0 Å². The zero-order valence-corrected chi connectivity index (χ0v) is 8.83. The van der Waals surface area contributed by atoms with E-state index >= 15 is 0 Å². The monoisotopic (exact) mass is 217 g/mol. The fourth-order valence-electron chi connectivity index (χ4n) is 1.79. The Morgan fingerprint density at radius 2 is 2.07 bits per heavy atom. The Labute approximate surface area is 90.0 Å². The lowest BCUT2D eigenvalue weighted by molar-refractivity contribution is 0.0560. The maximum Gasteiger partial charge on any atom is 0.120 e. The van der Waals surface area contributed by atoms with Gasteiger partial charge in [0.2, 0.25) is 0 Å². The van der Waals surface area contributed by atoms with Gasteiger partial charge in [0.25, 0.3) is 0 Å². The van der Waals surface area contributed by atoms with Crippen LogP contribution in [0.1, 0.15) is 24.6 Å². The van der Waals surface area contributed by atoms with Crippen molar-refractivity contribution >= 4 is 12.4 Å². The van der Waals surface area contributed by atoms with Crippen LogP contribution in [0, 0.1) is 5.92 Å². The van der Waals surface area contributed by atoms with E-state index in [1.165, 1.54) is 0 Å². The van der Waals surface area contributed by atoms with E-state index in [2.05, 4.69) is 0 Å². The molecule has 1 saturated heterocycles. The second-order valence-corrected chi connectivity index (χ2v) is 3.49. The molecule has 1 aliphatic rings. The normalized spacial score (nSPS) is 20.1. The number of nitrogens with two attached hydrogens (primary N) is 1. The van der Waals surface area contributed by atoms with E-state index in [-0.39, 0.29) is 18.4 Å². The fraction of sp³-hybridized carbons (Fsp3) is 0.600. The molecule has 2 heterocycles. The van der Waals surface area contributed by atoms with Gasteiger partial charge in [-0.15, -0.1) is 12.4 Å². The van der Waals surface area contributed by atoms with Crippen LogP contribution < -0.4 is 5.73 Å². The van der Waals surface area contributed by atoms with Crippen molar-refractivity contribution in [2.75, 3.05) is 13.2 Å². The van der Waals surface area contributed by atoms with Crippen molar-refractivity contribution in [2.24, 2.45) is 11.7 Å². The average molecular weight is 218 g/mol. The van der Waals surface area contributed by atoms with Crippen LogP contribution in [0.4, 0.5) is 0 Å². The Bertz CT molecular complexity index is 245. The van der Waals surface area contributed by atoms with Crippen LogP contribution >= 0.6 is 12.4 Å². The van der Waals surface area contributed by atoms with E-state index < -0.39 is 0 Å². The molecule has 1 fully saturated rings. The molecule has 0 bridgehead atoms. The van der Waals surface area contributed by atoms with E-state index in [0.717, 1.165) is 31.8 Å². The van der Waals surface area contributed by atoms with Crippen molar-refractivity contribution in [1.29, 1.82) is 0 Å². The summed E-state index contributed by atoms with van der Waals surface area (Å²) < 4.78 is 10.6. The first kappa shape index (κ1) is 11.6. The zero-order valence-electron chi connectivity index (χ0n) is 8.02. The second-order valence-electron chi connectivity index (χ2n) is 3.49. The first-order valence-corrected chi connectivity index (χ1v) is 4.74. The molecule has 14 heavy (non-hydrogen) atoms. The third-order valence-corrected chi connectivity index (χ3v) is 2.65. The molecule has 2 N–H and O–H groups in total. The molecule has 3 nitrogen and oxygen atoms in total. The van der Waals surface area contributed by atoms with Gasteiger partial charge < -0.3 is 14.9 Å². The molecular formula is C10H16ClNO2. The summed E-state index contributed by atoms with van der Waals surface area (Å²) in [6.07, 6.45) is 3.76. The molecule has 0 spiro atoms. The molecule has 0 amide bonds. The van der Waals surface area contributed by atoms with Crippen LogP contribution in [0.15, 0.2) is 22.8 Å². The summed E-state index contributed by atoms with van der Waals surface area (Å²) in [4.78, 5) is 0. The molecule has 0 aromatic carbocycles. The van der Waals surface area contributed by atoms with Gasteiger partial charge in [-0.2, -0.15) is 0 Å². The van der Waals surface area contributed by atoms with Gasteiger partial charge in [0, 0.05) is 13.2 Å². The van der Waals surface area contributed by atoms with Gasteiger partial charge in [-0.05, 0) is 30.9 Å². The Balaban J connectivity index is 0.000000980. The quantitative estimate of drug-likeness (QED) is 0.826. The number of furan rings is 1. The Morgan fingerprint density at radius 3 is 2.64 bits per heavy atom. The summed E-state index contributed by atoms with van der Waals surface area (Å²) in [6, 6.07) is 3.87. The van der Waals surface area contributed by atoms with Crippen LogP contribution in [0.2, 0.25) is 0 Å². The predicted molar refractivity (Wildman–Crippen MR) is 56.4 cm³/mol. The van der Waals surface area contributed by atoms with E-state index in [9.17, 15) is 0 Å². The van der Waals surface area contributed by atoms with E-state index in [1.54, 1.807) is 6.26 Å². The first-order valence-electron chi connectivity index (χ1n) is 4.74. The molecular weight excluding hydrogens is 202 g/mol. The minimum atomic E-state index is 0. The van der Waals surface area contributed by atoms with E-state index in [4.69, 9.17) is 14.9 Å². The molecule has 0 aliphatic carbocycles. The van der Waals surface area contributed by atoms with Crippen LogP contribution in [0.3, 0.4) is 0 Å². The van der Waals surface area contributed by atoms with Gasteiger partial charge in [0.1, 0.15) is 5.76 Å². The molecule has 1 aromatic heterocycles. The van der Waals surface area contributed by atoms with Crippen LogP contribution in [0.5, 0.6) is 0 Å². The highest BCUT2D eigenvalue weighted by molar-refractivity contribution is 5.85. The summed E-state index contributed by atoms with van der Waals surface area (Å²) in [6.45, 7) is 1.66. The summed E-state index contributed by atoms with van der Waals surface area (Å²) >= 11 is 0. The highest BCUT2D eigenvalue weighted by atomic mass is 35.5. The molecule has 0 saturated carbocycles. The summed E-state index contributed by atoms with van der Waals surface area (Å²) in [5.41, 5.74) is 6.06. The fourth-order valence-corrected chi connectivity index (χ4v) is 1.79. The summed E-state index contributed by atoms with van der Waals surface area (Å²) in [5.74, 6) is 1.41. The number of hydrogen-bond donors (Lipinski definition) is 1. The Kier molecular flexibility index (Phi) is 4.45. The van der Waals surface area contributed by atoms with Crippen molar-refractivity contribution in [1.82, 2.24) is 0 Å². The van der Waals surface area contributed by atoms with Crippen LogP contribution in [-0.2, 0) is 4.74 Å². The van der Waals surface area contributed by atoms with Crippen LogP contribution in [-0.4, -0.2) is 13.2 Å². The topological polar surface area (TPSA) is 48.4 Å². The van der Waals surface area contributed by atoms with Crippen molar-refractivity contribution in [3.8, 4) is 0 Å². The number of hydrogen-bond acceptors (Lipinski definition) is 3. The van der Waals surface area contributed by atoms with E-state index in [1.807, 2.05) is 12.1 Å². The highest BCUT2D eigenvalue weighted by Gasteiger charge is 2.23. The lowest BCUT2D eigenvalue weighted by atomic mass is 9.91. The molecule has 2 rings (SSSR count). The van der Waals surface area contributed by atoms with Gasteiger partial charge >= 0.3 is 0 Å². The van der Waals surface area contributed by atoms with Gasteiger partial charge in [-0.3, -0.25) is 0 Å². The van der Waals surface area contributed by atoms with Crippen molar-refractivity contribution < 1.29 is 9.15 Å². The maximum atomic E-state index is 6.06. The van der Waals surface area contributed by atoms with Gasteiger partial charge in [0.15, 0.2) is 0 Å². The SMILES string of the molecule is Cl.N[C@@H](c1ccco1)C1CCOCC1. The highest BCUT2D eigenvalue weighted by Crippen LogP contribution is 2.27. The Morgan fingerprint density at radius 1 is 1.36 bits per heavy atom. The molecule has 1 atom stereocenters. The molecule has 0 radical (unpaired) electrons. The standard InChI is InChI=1S/C10H15NO2.ClH/c11-10(9-2-1-5-13-9)8-3-6-12-7-4-8;/h1-2,5,8,10H,3-4,6-7,11H2;1H/t10-;/m1./s1. The third-order valence-electron chi connectivity index (χ3n) is 2.65. The predicted octanol–water partition coefficient (Wildman–Crippen LogP) is 2.13. The largest absolute Gasteiger partial charge is 0.468 e. The maximum absolute atomic E-state index is 6.06. The summed E-state index contributed by atoms with van der Waals surface area (Å²) in [5, 5.41) is 0. The lowest BCUT2D eigenvalue weighted by Gasteiger charge is -2.26. The van der Waals surface area contributed by atoms with Gasteiger partial charge in [0.05, 0.1) is 12.3 Å². The molecule has 4 heteroatoms. The first-order chi connectivity index (χ1) is 6.38. The van der Waals surface area contributed by atoms with Crippen molar-refractivity contribution in [2.45, 2.75) is 18.9 Å². The second kappa shape index (κ2) is 5.39. The molecule has 1 aromatic rings. The zero-order chi connectivity index (χ0) is 9.10. The molecule has 0 unspecified atom stereocenters. The lowest BCUT2D eigenvalue weighted by Crippen LogP contribution is -2.27. The molecule has 1 aliphatic heterocycles. The van der Waals surface area contributed by atoms with Crippen molar-refractivity contribution in [3.05, 3.63) is 24.2 Å². The number of rotatable bonds is 2. The smallest absolute Gasteiger partial charge is 0.120 e. The molecule has 80 valence electrons. The Hall–Kier alpha value is -0.510. The van der Waals surface area contributed by atoms with Crippen molar-refractivity contribution in [3.63, 3.8) is 0 Å². The number of ether oxygens (including phenoxy) is 1. The summed E-state index contributed by atoms with van der Waals surface area (Å²) in [7, 11) is 0. The van der Waals surface area contributed by atoms with E-state index in [0.29, 0.717) is 5.92 Å². The number of halogens is 1. The van der Waals surface area contributed by atoms with Gasteiger partial charge in [-0.1, -0.05) is 0 Å². The third kappa shape index (κ3) is 2.50. The minimum absolute atomic E-state index is 0.